The van der Waals surface area contributed by atoms with Crippen LogP contribution in [0, 0.1) is 11.8 Å². The number of carbonyl (C=O) groups excluding carboxylic acids is 4. The third-order valence-electron chi connectivity index (χ3n) is 7.59. The Morgan fingerprint density at radius 1 is 1.15 bits per heavy atom. The number of rotatable bonds is 3. The Morgan fingerprint density at radius 2 is 1.91 bits per heavy atom. The molecule has 4 unspecified atom stereocenters. The molecule has 0 bridgehead atoms. The lowest BCUT2D eigenvalue weighted by molar-refractivity contribution is -0.135. The zero-order chi connectivity index (χ0) is 23.8. The standard InChI is InChI=1S/C25H22ClN3O5/c1-2-34-23(32)13-5-8-15(9-6-13)29-21(30)19-18-4-3-11-28(18)25(20(19)22(29)31)16-12-14(26)7-10-17(16)27-24(25)33/h5-10,12,18-20H,2-4,11H2,1H3,(H,27,33). The molecule has 4 atom stereocenters. The van der Waals surface area contributed by atoms with Crippen LogP contribution in [0.3, 0.4) is 0 Å². The number of anilines is 2. The molecule has 8 nitrogen and oxygen atoms in total. The topological polar surface area (TPSA) is 96.0 Å². The van der Waals surface area contributed by atoms with Crippen LogP contribution in [0.15, 0.2) is 42.5 Å². The third kappa shape index (κ3) is 2.58. The van der Waals surface area contributed by atoms with Gasteiger partial charge in [0.2, 0.25) is 17.7 Å². The molecule has 2 aromatic rings. The van der Waals surface area contributed by atoms with Crippen LogP contribution in [0.1, 0.15) is 35.7 Å². The van der Waals surface area contributed by atoms with Crippen LogP contribution in [0.5, 0.6) is 0 Å². The maximum atomic E-state index is 13.9. The molecule has 0 radical (unpaired) electrons. The van der Waals surface area contributed by atoms with Crippen LogP contribution in [-0.4, -0.2) is 47.8 Å². The van der Waals surface area contributed by atoms with Gasteiger partial charge >= 0.3 is 5.97 Å². The van der Waals surface area contributed by atoms with Crippen LogP contribution >= 0.6 is 11.6 Å². The van der Waals surface area contributed by atoms with Gasteiger partial charge in [-0.25, -0.2) is 9.69 Å². The number of benzene rings is 2. The van der Waals surface area contributed by atoms with Crippen molar-refractivity contribution < 1.29 is 23.9 Å². The number of hydrogen-bond acceptors (Lipinski definition) is 6. The van der Waals surface area contributed by atoms with Gasteiger partial charge in [-0.05, 0) is 68.8 Å². The molecule has 0 saturated carbocycles. The smallest absolute Gasteiger partial charge is 0.338 e. The number of nitrogens with zero attached hydrogens (tertiary/aromatic N) is 2. The lowest BCUT2D eigenvalue weighted by Crippen LogP contribution is -2.54. The number of nitrogens with one attached hydrogen (secondary N) is 1. The first-order chi connectivity index (χ1) is 16.4. The summed E-state index contributed by atoms with van der Waals surface area (Å²) < 4.78 is 5.01. The maximum Gasteiger partial charge on any atom is 0.338 e. The summed E-state index contributed by atoms with van der Waals surface area (Å²) >= 11 is 6.31. The lowest BCUT2D eigenvalue weighted by Gasteiger charge is -2.36. The Hall–Kier alpha value is -3.23. The van der Waals surface area contributed by atoms with E-state index >= 15 is 0 Å². The van der Waals surface area contributed by atoms with Crippen molar-refractivity contribution in [2.75, 3.05) is 23.4 Å². The summed E-state index contributed by atoms with van der Waals surface area (Å²) in [6, 6.07) is 11.2. The van der Waals surface area contributed by atoms with Gasteiger partial charge in [-0.15, -0.1) is 0 Å². The largest absolute Gasteiger partial charge is 0.462 e. The molecule has 1 spiro atoms. The second kappa shape index (κ2) is 7.38. The van der Waals surface area contributed by atoms with Crippen molar-refractivity contribution >= 4 is 46.7 Å². The molecule has 3 fully saturated rings. The van der Waals surface area contributed by atoms with Gasteiger partial charge in [-0.3, -0.25) is 19.3 Å². The second-order valence-electron chi connectivity index (χ2n) is 9.10. The van der Waals surface area contributed by atoms with Gasteiger partial charge in [0.15, 0.2) is 0 Å². The molecule has 3 amide bonds. The van der Waals surface area contributed by atoms with Crippen molar-refractivity contribution in [1.82, 2.24) is 4.90 Å². The van der Waals surface area contributed by atoms with E-state index in [2.05, 4.69) is 10.2 Å². The fourth-order valence-electron chi connectivity index (χ4n) is 6.39. The molecule has 2 aromatic carbocycles. The fraction of sp³-hybridized carbons (Fsp3) is 0.360. The van der Waals surface area contributed by atoms with Crippen LogP contribution in [0.2, 0.25) is 5.02 Å². The predicted octanol–water partition coefficient (Wildman–Crippen LogP) is 2.95. The molecular weight excluding hydrogens is 458 g/mol. The van der Waals surface area contributed by atoms with Gasteiger partial charge < -0.3 is 10.1 Å². The monoisotopic (exact) mass is 479 g/mol. The number of amides is 3. The van der Waals surface area contributed by atoms with E-state index in [4.69, 9.17) is 16.3 Å². The van der Waals surface area contributed by atoms with E-state index in [0.717, 1.165) is 12.8 Å². The Balaban J connectivity index is 1.45. The predicted molar refractivity (Wildman–Crippen MR) is 123 cm³/mol. The van der Waals surface area contributed by atoms with Crippen LogP contribution in [0.4, 0.5) is 11.4 Å². The summed E-state index contributed by atoms with van der Waals surface area (Å²) in [5.41, 5.74) is 0.727. The van der Waals surface area contributed by atoms with E-state index in [1.165, 1.54) is 17.0 Å². The summed E-state index contributed by atoms with van der Waals surface area (Å²) in [4.78, 5) is 56.5. The summed E-state index contributed by atoms with van der Waals surface area (Å²) in [7, 11) is 0. The van der Waals surface area contributed by atoms with Gasteiger partial charge in [0.05, 0.1) is 29.7 Å². The first-order valence-electron chi connectivity index (χ1n) is 11.4. The molecular formula is C25H22ClN3O5. The number of ether oxygens (including phenoxy) is 1. The van der Waals surface area contributed by atoms with E-state index in [9.17, 15) is 19.2 Å². The van der Waals surface area contributed by atoms with Crippen molar-refractivity contribution in [2.45, 2.75) is 31.3 Å². The SMILES string of the molecule is CCOC(=O)c1ccc(N2C(=O)C3C4CCCN4C4(C(=O)Nc5ccc(Cl)cc54)C3C2=O)cc1. The minimum atomic E-state index is -1.27. The van der Waals surface area contributed by atoms with Gasteiger partial charge in [-0.1, -0.05) is 11.6 Å². The van der Waals surface area contributed by atoms with Crippen LogP contribution in [0.25, 0.3) is 0 Å². The highest BCUT2D eigenvalue weighted by Crippen LogP contribution is 2.60. The Morgan fingerprint density at radius 3 is 2.65 bits per heavy atom. The van der Waals surface area contributed by atoms with Crippen LogP contribution < -0.4 is 10.2 Å². The van der Waals surface area contributed by atoms with E-state index in [-0.39, 0.29) is 24.5 Å². The highest BCUT2D eigenvalue weighted by atomic mass is 35.5. The number of halogens is 1. The van der Waals surface area contributed by atoms with Crippen molar-refractivity contribution in [2.24, 2.45) is 11.8 Å². The van der Waals surface area contributed by atoms with Crippen molar-refractivity contribution in [3.8, 4) is 0 Å². The summed E-state index contributed by atoms with van der Waals surface area (Å²) in [6.07, 6.45) is 1.58. The number of imide groups is 1. The first-order valence-corrected chi connectivity index (χ1v) is 11.8. The lowest BCUT2D eigenvalue weighted by atomic mass is 9.75. The van der Waals surface area contributed by atoms with Crippen molar-refractivity contribution in [3.63, 3.8) is 0 Å². The number of esters is 1. The summed E-state index contributed by atoms with van der Waals surface area (Å²) in [6.45, 7) is 2.60. The molecule has 4 aliphatic rings. The van der Waals surface area contributed by atoms with Crippen molar-refractivity contribution in [1.29, 1.82) is 0 Å². The maximum absolute atomic E-state index is 13.9. The second-order valence-corrected chi connectivity index (χ2v) is 9.53. The molecule has 174 valence electrons. The van der Waals surface area contributed by atoms with Gasteiger partial charge in [0.25, 0.3) is 0 Å². The normalized spacial score (nSPS) is 29.4. The quantitative estimate of drug-likeness (QED) is 0.537. The fourth-order valence-corrected chi connectivity index (χ4v) is 6.56. The molecule has 1 N–H and O–H groups in total. The van der Waals surface area contributed by atoms with Gasteiger partial charge in [-0.2, -0.15) is 0 Å². The summed E-state index contributed by atoms with van der Waals surface area (Å²) in [5, 5.41) is 3.40. The molecule has 4 heterocycles. The first kappa shape index (κ1) is 21.3. The highest BCUT2D eigenvalue weighted by molar-refractivity contribution is 6.31. The number of fused-ring (bicyclic) bond motifs is 7. The van der Waals surface area contributed by atoms with Gasteiger partial charge in [0.1, 0.15) is 5.54 Å². The number of carbonyl (C=O) groups is 4. The van der Waals surface area contributed by atoms with Crippen LogP contribution in [-0.2, 0) is 24.7 Å². The Kier molecular flexibility index (Phi) is 4.63. The average Bonchev–Trinajstić information content (AvgIpc) is 3.53. The van der Waals surface area contributed by atoms with Crippen molar-refractivity contribution in [3.05, 3.63) is 58.6 Å². The minimum Gasteiger partial charge on any atom is -0.462 e. The molecule has 6 rings (SSSR count). The molecule has 3 saturated heterocycles. The molecule has 0 aliphatic carbocycles. The Labute approximate surface area is 200 Å². The molecule has 9 heteroatoms. The van der Waals surface area contributed by atoms with E-state index < -0.39 is 29.3 Å². The highest BCUT2D eigenvalue weighted by Gasteiger charge is 2.74. The minimum absolute atomic E-state index is 0.207. The van der Waals surface area contributed by atoms with Gasteiger partial charge in [0, 0.05) is 22.3 Å². The van der Waals surface area contributed by atoms with E-state index in [0.29, 0.717) is 34.1 Å². The zero-order valence-electron chi connectivity index (χ0n) is 18.4. The van der Waals surface area contributed by atoms with E-state index in [1.54, 1.807) is 37.3 Å². The average molecular weight is 480 g/mol. The molecule has 0 aromatic heterocycles. The zero-order valence-corrected chi connectivity index (χ0v) is 19.2. The number of hydrogen-bond donors (Lipinski definition) is 1. The Bertz CT molecular complexity index is 1260. The third-order valence-corrected chi connectivity index (χ3v) is 7.83. The molecule has 4 aliphatic heterocycles. The summed E-state index contributed by atoms with van der Waals surface area (Å²) in [5.74, 6) is -2.95. The molecule has 34 heavy (non-hydrogen) atoms. The van der Waals surface area contributed by atoms with E-state index in [1.807, 2.05) is 0 Å².